The van der Waals surface area contributed by atoms with Crippen LogP contribution in [0.1, 0.15) is 31.9 Å². The van der Waals surface area contributed by atoms with Crippen LogP contribution >= 0.6 is 0 Å². The highest BCUT2D eigenvalue weighted by Gasteiger charge is 2.19. The number of nitrogens with two attached hydrogens (primary N) is 1. The monoisotopic (exact) mass is 232 g/mol. The molecule has 0 radical (unpaired) electrons. The second-order valence-electron chi connectivity index (χ2n) is 5.49. The first-order chi connectivity index (χ1) is 7.79. The molecular formula is C14H17FN2. The third-order valence-corrected chi connectivity index (χ3v) is 2.85. The van der Waals surface area contributed by atoms with E-state index in [1.807, 2.05) is 19.1 Å². The van der Waals surface area contributed by atoms with Crippen LogP contribution in [0.15, 0.2) is 18.2 Å². The van der Waals surface area contributed by atoms with Crippen LogP contribution < -0.4 is 5.73 Å². The molecule has 17 heavy (non-hydrogen) atoms. The average molecular weight is 232 g/mol. The second-order valence-corrected chi connectivity index (χ2v) is 5.49. The Labute approximate surface area is 101 Å². The number of fused-ring (bicyclic) bond motifs is 1. The lowest BCUT2D eigenvalue weighted by molar-refractivity contribution is 0.590. The minimum atomic E-state index is -0.313. The van der Waals surface area contributed by atoms with Gasteiger partial charge in [0, 0.05) is 10.9 Å². The molecule has 0 unspecified atom stereocenters. The largest absolute Gasteiger partial charge is 0.383 e. The first kappa shape index (κ1) is 11.8. The quantitative estimate of drug-likeness (QED) is 0.754. The minimum Gasteiger partial charge on any atom is -0.383 e. The summed E-state index contributed by atoms with van der Waals surface area (Å²) in [5.74, 6) is 0.0971. The van der Waals surface area contributed by atoms with Gasteiger partial charge in [0.1, 0.15) is 17.2 Å². The number of aryl methyl sites for hydroxylation is 1. The molecule has 1 aromatic heterocycles. The summed E-state index contributed by atoms with van der Waals surface area (Å²) < 4.78 is 13.7. The molecule has 2 rings (SSSR count). The molecule has 0 spiro atoms. The fraction of sp³-hybridized carbons (Fsp3) is 0.357. The number of nitrogens with zero attached hydrogens (tertiary/aromatic N) is 1. The number of anilines is 1. The van der Waals surface area contributed by atoms with Crippen molar-refractivity contribution in [2.24, 2.45) is 0 Å². The van der Waals surface area contributed by atoms with Gasteiger partial charge < -0.3 is 5.73 Å². The molecule has 0 atom stereocenters. The SMILES string of the molecule is Cc1cc(F)c2nc(N)c(C(C)(C)C)cc2c1. The molecule has 3 heteroatoms. The molecule has 0 aliphatic heterocycles. The van der Waals surface area contributed by atoms with Gasteiger partial charge in [0.05, 0.1) is 0 Å². The summed E-state index contributed by atoms with van der Waals surface area (Å²) in [4.78, 5) is 4.19. The standard InChI is InChI=1S/C14H17FN2/c1-8-5-9-7-10(14(2,3)4)13(16)17-12(9)11(15)6-8/h5-7H,1-4H3,(H2,16,17). The number of nitrogen functional groups attached to an aromatic ring is 1. The molecule has 0 fully saturated rings. The number of benzene rings is 1. The molecule has 90 valence electrons. The maximum Gasteiger partial charge on any atom is 0.149 e. The van der Waals surface area contributed by atoms with Crippen LogP contribution in [0.3, 0.4) is 0 Å². The maximum atomic E-state index is 13.7. The first-order valence-corrected chi connectivity index (χ1v) is 5.66. The molecule has 2 nitrogen and oxygen atoms in total. The molecule has 0 saturated heterocycles. The lowest BCUT2D eigenvalue weighted by Crippen LogP contribution is -2.15. The van der Waals surface area contributed by atoms with Crippen LogP contribution in [-0.2, 0) is 5.41 Å². The fourth-order valence-corrected chi connectivity index (χ4v) is 2.00. The van der Waals surface area contributed by atoms with Crippen molar-refractivity contribution in [3.8, 4) is 0 Å². The van der Waals surface area contributed by atoms with E-state index in [1.54, 1.807) is 0 Å². The van der Waals surface area contributed by atoms with Crippen molar-refractivity contribution in [3.63, 3.8) is 0 Å². The molecule has 0 aliphatic rings. The molecule has 0 bridgehead atoms. The summed E-state index contributed by atoms with van der Waals surface area (Å²) >= 11 is 0. The summed E-state index contributed by atoms with van der Waals surface area (Å²) in [6.07, 6.45) is 0. The number of aromatic nitrogens is 1. The zero-order valence-electron chi connectivity index (χ0n) is 10.6. The van der Waals surface area contributed by atoms with E-state index in [2.05, 4.69) is 25.8 Å². The molecule has 0 saturated carbocycles. The van der Waals surface area contributed by atoms with Gasteiger partial charge in [-0.2, -0.15) is 0 Å². The summed E-state index contributed by atoms with van der Waals surface area (Å²) in [5, 5.41) is 0.807. The molecule has 0 amide bonds. The maximum absolute atomic E-state index is 13.7. The van der Waals surface area contributed by atoms with Crippen molar-refractivity contribution < 1.29 is 4.39 Å². The van der Waals surface area contributed by atoms with Gasteiger partial charge in [-0.15, -0.1) is 0 Å². The predicted octanol–water partition coefficient (Wildman–Crippen LogP) is 3.56. The normalized spacial score (nSPS) is 12.1. The first-order valence-electron chi connectivity index (χ1n) is 5.66. The van der Waals surface area contributed by atoms with Crippen LogP contribution in [0.5, 0.6) is 0 Å². The Balaban J connectivity index is 2.81. The number of rotatable bonds is 0. The van der Waals surface area contributed by atoms with Crippen molar-refractivity contribution in [2.75, 3.05) is 5.73 Å². The number of hydrogen-bond acceptors (Lipinski definition) is 2. The molecule has 1 aromatic carbocycles. The van der Waals surface area contributed by atoms with Gasteiger partial charge in [-0.25, -0.2) is 9.37 Å². The minimum absolute atomic E-state index is 0.0918. The van der Waals surface area contributed by atoms with E-state index in [4.69, 9.17) is 5.73 Å². The van der Waals surface area contributed by atoms with E-state index in [0.29, 0.717) is 11.3 Å². The fourth-order valence-electron chi connectivity index (χ4n) is 2.00. The Morgan fingerprint density at radius 3 is 2.41 bits per heavy atom. The van der Waals surface area contributed by atoms with Gasteiger partial charge >= 0.3 is 0 Å². The van der Waals surface area contributed by atoms with Gasteiger partial charge in [-0.05, 0) is 36.1 Å². The van der Waals surface area contributed by atoms with Crippen molar-refractivity contribution in [3.05, 3.63) is 35.1 Å². The lowest BCUT2D eigenvalue weighted by atomic mass is 9.86. The molecule has 2 N–H and O–H groups in total. The summed E-state index contributed by atoms with van der Waals surface area (Å²) in [5.41, 5.74) is 8.00. The summed E-state index contributed by atoms with van der Waals surface area (Å²) in [7, 11) is 0. The van der Waals surface area contributed by atoms with Gasteiger partial charge in [0.15, 0.2) is 0 Å². The second kappa shape index (κ2) is 3.69. The molecule has 2 aromatic rings. The van der Waals surface area contributed by atoms with E-state index < -0.39 is 0 Å². The van der Waals surface area contributed by atoms with Crippen molar-refractivity contribution in [1.82, 2.24) is 4.98 Å². The van der Waals surface area contributed by atoms with E-state index in [-0.39, 0.29) is 11.2 Å². The van der Waals surface area contributed by atoms with E-state index in [0.717, 1.165) is 16.5 Å². The van der Waals surface area contributed by atoms with Crippen LogP contribution in [-0.4, -0.2) is 4.98 Å². The van der Waals surface area contributed by atoms with Gasteiger partial charge in [0.2, 0.25) is 0 Å². The Bertz CT molecular complexity index is 583. The van der Waals surface area contributed by atoms with Crippen LogP contribution in [0.2, 0.25) is 0 Å². The van der Waals surface area contributed by atoms with Crippen molar-refractivity contribution >= 4 is 16.7 Å². The Morgan fingerprint density at radius 1 is 1.18 bits per heavy atom. The van der Waals surface area contributed by atoms with Crippen LogP contribution in [0.4, 0.5) is 10.2 Å². The van der Waals surface area contributed by atoms with Crippen molar-refractivity contribution in [2.45, 2.75) is 33.1 Å². The topological polar surface area (TPSA) is 38.9 Å². The van der Waals surface area contributed by atoms with E-state index in [9.17, 15) is 4.39 Å². The number of halogens is 1. The Morgan fingerprint density at radius 2 is 1.82 bits per heavy atom. The molecular weight excluding hydrogens is 215 g/mol. The van der Waals surface area contributed by atoms with Gasteiger partial charge in [0.25, 0.3) is 0 Å². The smallest absolute Gasteiger partial charge is 0.149 e. The van der Waals surface area contributed by atoms with Crippen LogP contribution in [0, 0.1) is 12.7 Å². The number of hydrogen-bond donors (Lipinski definition) is 1. The van der Waals surface area contributed by atoms with E-state index in [1.165, 1.54) is 6.07 Å². The predicted molar refractivity (Wildman–Crippen MR) is 69.6 cm³/mol. The third kappa shape index (κ3) is 2.09. The Hall–Kier alpha value is -1.64. The summed E-state index contributed by atoms with van der Waals surface area (Å²) in [6, 6.07) is 5.35. The molecule has 1 heterocycles. The zero-order chi connectivity index (χ0) is 12.8. The van der Waals surface area contributed by atoms with Gasteiger partial charge in [-0.3, -0.25) is 0 Å². The molecule has 0 aliphatic carbocycles. The number of pyridine rings is 1. The third-order valence-electron chi connectivity index (χ3n) is 2.85. The Kier molecular flexibility index (Phi) is 2.57. The van der Waals surface area contributed by atoms with E-state index >= 15 is 0 Å². The zero-order valence-corrected chi connectivity index (χ0v) is 10.6. The highest BCUT2D eigenvalue weighted by atomic mass is 19.1. The highest BCUT2D eigenvalue weighted by Crippen LogP contribution is 2.30. The summed E-state index contributed by atoms with van der Waals surface area (Å²) in [6.45, 7) is 8.07. The van der Waals surface area contributed by atoms with Crippen LogP contribution in [0.25, 0.3) is 10.9 Å². The highest BCUT2D eigenvalue weighted by molar-refractivity contribution is 5.83. The van der Waals surface area contributed by atoms with Gasteiger partial charge in [-0.1, -0.05) is 20.8 Å². The lowest BCUT2D eigenvalue weighted by Gasteiger charge is -2.21. The van der Waals surface area contributed by atoms with Crippen molar-refractivity contribution in [1.29, 1.82) is 0 Å². The average Bonchev–Trinajstić information content (AvgIpc) is 2.16.